The van der Waals surface area contributed by atoms with Crippen molar-refractivity contribution in [1.82, 2.24) is 10.3 Å². The number of aromatic nitrogens is 1. The zero-order valence-corrected chi connectivity index (χ0v) is 15.0. The fraction of sp³-hybridized carbons (Fsp3) is 0.200. The number of hydrogen-bond donors (Lipinski definition) is 2. The Bertz CT molecular complexity index is 753. The van der Waals surface area contributed by atoms with E-state index < -0.39 is 20.8 Å². The number of quaternary nitrogens is 1. The van der Waals surface area contributed by atoms with Gasteiger partial charge in [-0.2, -0.15) is 0 Å². The van der Waals surface area contributed by atoms with Gasteiger partial charge in [0.25, 0.3) is 15.4 Å². The molecule has 0 aliphatic heterocycles. The summed E-state index contributed by atoms with van der Waals surface area (Å²) in [5.74, 6) is -0.581. The maximum absolute atomic E-state index is 12.3. The van der Waals surface area contributed by atoms with Crippen LogP contribution in [-0.4, -0.2) is 25.8 Å². The molecule has 1 aromatic carbocycles. The largest absolute Gasteiger partial charge is 0.319 e. The number of nitrogens with two attached hydrogens (primary N) is 1. The summed E-state index contributed by atoms with van der Waals surface area (Å²) in [5, 5.41) is 15.0. The molecule has 132 valence electrons. The number of carbonyl (C=O) groups excluding carboxylic acids is 1. The molecular weight excluding hydrogens is 391 g/mol. The molecule has 0 aliphatic carbocycles. The minimum atomic E-state index is -1.78. The van der Waals surface area contributed by atoms with Crippen LogP contribution in [0, 0.1) is 10.1 Å². The lowest BCUT2D eigenvalue weighted by Gasteiger charge is -2.23. The van der Waals surface area contributed by atoms with E-state index in [0.717, 1.165) is 11.6 Å². The first-order valence-corrected chi connectivity index (χ1v) is 8.25. The second-order valence-corrected chi connectivity index (χ2v) is 7.47. The summed E-state index contributed by atoms with van der Waals surface area (Å²) < 4.78 is -1.78. The molecule has 0 fully saturated rings. The summed E-state index contributed by atoms with van der Waals surface area (Å²) in [6.07, 6.45) is 2.40. The van der Waals surface area contributed by atoms with E-state index in [1.807, 2.05) is 6.07 Å². The molecule has 0 bridgehead atoms. The minimum absolute atomic E-state index is 0.100. The smallest absolute Gasteiger partial charge is 0.270 e. The Morgan fingerprint density at radius 1 is 1.32 bits per heavy atom. The second-order valence-electron chi connectivity index (χ2n) is 5.10. The maximum Gasteiger partial charge on any atom is 0.270 e. The molecule has 0 saturated carbocycles. The van der Waals surface area contributed by atoms with Crippen molar-refractivity contribution >= 4 is 46.4 Å². The highest BCUT2D eigenvalue weighted by Gasteiger charge is 2.37. The second kappa shape index (κ2) is 8.44. The van der Waals surface area contributed by atoms with Crippen molar-refractivity contribution in [3.63, 3.8) is 0 Å². The van der Waals surface area contributed by atoms with Gasteiger partial charge < -0.3 is 5.32 Å². The van der Waals surface area contributed by atoms with Gasteiger partial charge in [0.2, 0.25) is 6.17 Å². The van der Waals surface area contributed by atoms with Crippen molar-refractivity contribution in [2.45, 2.75) is 16.5 Å². The predicted octanol–water partition coefficient (Wildman–Crippen LogP) is 2.18. The van der Waals surface area contributed by atoms with Crippen LogP contribution in [0.15, 0.2) is 48.8 Å². The van der Waals surface area contributed by atoms with Crippen LogP contribution in [0.3, 0.4) is 0 Å². The van der Waals surface area contributed by atoms with Gasteiger partial charge in [-0.1, -0.05) is 46.9 Å². The number of nitrogens with one attached hydrogen (secondary N) is 1. The first-order valence-electron chi connectivity index (χ1n) is 7.11. The van der Waals surface area contributed by atoms with Crippen LogP contribution in [0.1, 0.15) is 15.9 Å². The van der Waals surface area contributed by atoms with Crippen LogP contribution in [0.25, 0.3) is 0 Å². The Kier molecular flexibility index (Phi) is 6.55. The van der Waals surface area contributed by atoms with Gasteiger partial charge in [0.05, 0.1) is 4.92 Å². The molecule has 0 saturated heterocycles. The zero-order valence-electron chi connectivity index (χ0n) is 12.7. The number of benzene rings is 1. The number of nitrogens with zero attached hydrogens (tertiary/aromatic N) is 2. The standard InChI is InChI=1S/C15H13Cl3N4O3/c16-15(17,18)14(20-9-10-3-2-6-19-8-10)21-13(23)11-4-1-5-12(7-11)22(24)25/h1-8,14,20H,9H2,(H,21,23)/p+1. The van der Waals surface area contributed by atoms with Crippen LogP contribution < -0.4 is 10.6 Å². The Morgan fingerprint density at radius 3 is 2.68 bits per heavy atom. The van der Waals surface area contributed by atoms with E-state index in [9.17, 15) is 14.9 Å². The average Bonchev–Trinajstić information content (AvgIpc) is 2.58. The van der Waals surface area contributed by atoms with E-state index >= 15 is 0 Å². The molecule has 3 N–H and O–H groups in total. The predicted molar refractivity (Wildman–Crippen MR) is 94.5 cm³/mol. The topological polar surface area (TPSA) is 102 Å². The Morgan fingerprint density at radius 2 is 2.08 bits per heavy atom. The van der Waals surface area contributed by atoms with E-state index in [1.165, 1.54) is 18.2 Å². The number of alkyl halides is 3. The van der Waals surface area contributed by atoms with Crippen molar-refractivity contribution in [1.29, 1.82) is 0 Å². The number of non-ortho nitro benzene ring substituents is 1. The van der Waals surface area contributed by atoms with E-state index in [-0.39, 0.29) is 11.3 Å². The average molecular weight is 405 g/mol. The third-order valence-corrected chi connectivity index (χ3v) is 3.98. The molecule has 0 spiro atoms. The van der Waals surface area contributed by atoms with Gasteiger partial charge in [0.1, 0.15) is 6.54 Å². The highest BCUT2D eigenvalue weighted by molar-refractivity contribution is 6.68. The quantitative estimate of drug-likeness (QED) is 0.333. The molecule has 1 aromatic heterocycles. The summed E-state index contributed by atoms with van der Waals surface area (Å²) in [5.41, 5.74) is 0.784. The molecule has 1 atom stereocenters. The number of pyridine rings is 1. The van der Waals surface area contributed by atoms with Crippen LogP contribution in [0.4, 0.5) is 5.69 Å². The number of carbonyl (C=O) groups is 1. The molecule has 2 rings (SSSR count). The highest BCUT2D eigenvalue weighted by Crippen LogP contribution is 2.27. The molecule has 1 heterocycles. The third-order valence-electron chi connectivity index (χ3n) is 3.27. The Hall–Kier alpha value is -1.93. The van der Waals surface area contributed by atoms with Crippen LogP contribution in [0.2, 0.25) is 0 Å². The number of halogens is 3. The number of nitro groups is 1. The van der Waals surface area contributed by atoms with Gasteiger partial charge >= 0.3 is 0 Å². The SMILES string of the molecule is O=C(NC([NH2+]Cc1cccnc1)C(Cl)(Cl)Cl)c1cccc([N+](=O)[O-])c1. The molecule has 0 aliphatic rings. The normalized spacial score (nSPS) is 12.4. The van der Waals surface area contributed by atoms with Gasteiger partial charge in [0, 0.05) is 35.7 Å². The van der Waals surface area contributed by atoms with Crippen molar-refractivity contribution in [2.24, 2.45) is 0 Å². The molecule has 2 aromatic rings. The Labute approximate surface area is 158 Å². The molecule has 0 radical (unpaired) electrons. The summed E-state index contributed by atoms with van der Waals surface area (Å²) in [6.45, 7) is 0.418. The monoisotopic (exact) mass is 403 g/mol. The van der Waals surface area contributed by atoms with E-state index in [1.54, 1.807) is 23.8 Å². The van der Waals surface area contributed by atoms with Gasteiger partial charge in [-0.05, 0) is 12.1 Å². The summed E-state index contributed by atoms with van der Waals surface area (Å²) >= 11 is 17.8. The van der Waals surface area contributed by atoms with Crippen LogP contribution >= 0.6 is 34.8 Å². The lowest BCUT2D eigenvalue weighted by molar-refractivity contribution is -0.706. The fourth-order valence-electron chi connectivity index (χ4n) is 2.03. The number of rotatable bonds is 6. The number of amides is 1. The van der Waals surface area contributed by atoms with E-state index in [4.69, 9.17) is 34.8 Å². The zero-order chi connectivity index (χ0) is 18.4. The van der Waals surface area contributed by atoms with Gasteiger partial charge in [-0.3, -0.25) is 25.2 Å². The van der Waals surface area contributed by atoms with Crippen molar-refractivity contribution in [3.8, 4) is 0 Å². The molecule has 7 nitrogen and oxygen atoms in total. The van der Waals surface area contributed by atoms with E-state index in [0.29, 0.717) is 6.54 Å². The Balaban J connectivity index is 2.10. The fourth-order valence-corrected chi connectivity index (χ4v) is 2.46. The first-order chi connectivity index (χ1) is 11.8. The summed E-state index contributed by atoms with van der Waals surface area (Å²) in [4.78, 5) is 26.6. The molecular formula is C15H14Cl3N4O3+. The molecule has 1 amide bonds. The summed E-state index contributed by atoms with van der Waals surface area (Å²) in [6, 6.07) is 8.93. The lowest BCUT2D eigenvalue weighted by Crippen LogP contribution is -2.95. The van der Waals surface area contributed by atoms with Gasteiger partial charge in [-0.25, -0.2) is 0 Å². The third kappa shape index (κ3) is 5.82. The molecule has 10 heteroatoms. The van der Waals surface area contributed by atoms with Gasteiger partial charge in [-0.15, -0.1) is 0 Å². The highest BCUT2D eigenvalue weighted by atomic mass is 35.6. The first kappa shape index (κ1) is 19.4. The van der Waals surface area contributed by atoms with Crippen molar-refractivity contribution in [3.05, 3.63) is 70.0 Å². The van der Waals surface area contributed by atoms with Crippen LogP contribution in [-0.2, 0) is 6.54 Å². The summed E-state index contributed by atoms with van der Waals surface area (Å²) in [7, 11) is 0. The minimum Gasteiger partial charge on any atom is -0.319 e. The lowest BCUT2D eigenvalue weighted by atomic mass is 10.2. The van der Waals surface area contributed by atoms with Crippen molar-refractivity contribution < 1.29 is 15.0 Å². The number of nitro benzene ring substituents is 1. The maximum atomic E-state index is 12.3. The van der Waals surface area contributed by atoms with Gasteiger partial charge in [0.15, 0.2) is 0 Å². The van der Waals surface area contributed by atoms with Crippen molar-refractivity contribution in [2.75, 3.05) is 0 Å². The number of hydrogen-bond acceptors (Lipinski definition) is 4. The van der Waals surface area contributed by atoms with E-state index in [2.05, 4.69) is 10.3 Å². The molecule has 1 unspecified atom stereocenters. The van der Waals surface area contributed by atoms with Crippen LogP contribution in [0.5, 0.6) is 0 Å². The molecule has 25 heavy (non-hydrogen) atoms.